The number of nitrogens with zero attached hydrogens (tertiary/aromatic N) is 4. The van der Waals surface area contributed by atoms with Crippen LogP contribution in [0, 0.1) is 0 Å². The Bertz CT molecular complexity index is 1240. The van der Waals surface area contributed by atoms with E-state index >= 15 is 0 Å². The average Bonchev–Trinajstić information content (AvgIpc) is 3.33. The van der Waals surface area contributed by atoms with E-state index in [2.05, 4.69) is 25.9 Å². The first-order chi connectivity index (χ1) is 15.7. The van der Waals surface area contributed by atoms with Crippen LogP contribution in [0.4, 0.5) is 11.6 Å². The Morgan fingerprint density at radius 1 is 1.09 bits per heavy atom. The molecule has 1 aliphatic heterocycles. The lowest BCUT2D eigenvalue weighted by atomic mass is 10.1. The lowest BCUT2D eigenvalue weighted by Gasteiger charge is -2.15. The van der Waals surface area contributed by atoms with E-state index in [1.165, 1.54) is 0 Å². The molecule has 0 saturated carbocycles. The van der Waals surface area contributed by atoms with Crippen molar-refractivity contribution < 1.29 is 4.79 Å². The van der Waals surface area contributed by atoms with Crippen LogP contribution in [0.15, 0.2) is 67.1 Å². The van der Waals surface area contributed by atoms with Crippen LogP contribution in [0.2, 0.25) is 0 Å². The summed E-state index contributed by atoms with van der Waals surface area (Å²) in [4.78, 5) is 30.5. The third-order valence-corrected chi connectivity index (χ3v) is 5.39. The highest BCUT2D eigenvalue weighted by Crippen LogP contribution is 2.26. The fraction of sp³-hybridized carbons (Fsp3) is 0.208. The highest BCUT2D eigenvalue weighted by atomic mass is 16.1. The van der Waals surface area contributed by atoms with Gasteiger partial charge >= 0.3 is 0 Å². The number of hydrogen-bond acceptors (Lipinski definition) is 7. The standard InChI is InChI=1S/C24H23N7O/c32-22(12-16-4-2-1-3-5-16)30-21-13-17(6-11-27-21)23-29-20-15-26-10-8-19(20)24(31-23)28-18-7-9-25-14-18/h1-6,8,10-11,13,15,18,25H,7,9,12,14H2,(H,27,30,32)(H,28,29,31). The summed E-state index contributed by atoms with van der Waals surface area (Å²) in [6.45, 7) is 1.89. The van der Waals surface area contributed by atoms with Gasteiger partial charge in [0.15, 0.2) is 5.82 Å². The summed E-state index contributed by atoms with van der Waals surface area (Å²) in [5.74, 6) is 1.68. The first kappa shape index (κ1) is 20.0. The van der Waals surface area contributed by atoms with Crippen molar-refractivity contribution in [2.75, 3.05) is 23.7 Å². The first-order valence-electron chi connectivity index (χ1n) is 10.6. The molecule has 3 aromatic heterocycles. The molecule has 0 bridgehead atoms. The van der Waals surface area contributed by atoms with Crippen LogP contribution in [0.3, 0.4) is 0 Å². The van der Waals surface area contributed by atoms with Crippen LogP contribution >= 0.6 is 0 Å². The summed E-state index contributed by atoms with van der Waals surface area (Å²) in [6.07, 6.45) is 6.46. The molecule has 4 aromatic rings. The number of rotatable bonds is 6. The van der Waals surface area contributed by atoms with Gasteiger partial charge in [-0.05, 0) is 36.7 Å². The van der Waals surface area contributed by atoms with Gasteiger partial charge in [0, 0.05) is 35.9 Å². The molecule has 0 radical (unpaired) electrons. The predicted molar refractivity (Wildman–Crippen MR) is 124 cm³/mol. The number of nitrogens with one attached hydrogen (secondary N) is 3. The van der Waals surface area contributed by atoms with Crippen molar-refractivity contribution in [3.8, 4) is 11.4 Å². The predicted octanol–water partition coefficient (Wildman–Crippen LogP) is 3.04. The molecule has 3 N–H and O–H groups in total. The molecule has 0 aliphatic carbocycles. The van der Waals surface area contributed by atoms with Crippen molar-refractivity contribution in [1.29, 1.82) is 0 Å². The zero-order chi connectivity index (χ0) is 21.8. The van der Waals surface area contributed by atoms with Gasteiger partial charge in [-0.3, -0.25) is 9.78 Å². The summed E-state index contributed by atoms with van der Waals surface area (Å²) in [5, 5.41) is 10.7. The Morgan fingerprint density at radius 2 is 2.00 bits per heavy atom. The van der Waals surface area contributed by atoms with Gasteiger partial charge in [-0.15, -0.1) is 0 Å². The summed E-state index contributed by atoms with van der Waals surface area (Å²) < 4.78 is 0. The molecule has 1 aromatic carbocycles. The van der Waals surface area contributed by atoms with Gasteiger partial charge in [0.1, 0.15) is 11.6 Å². The summed E-state index contributed by atoms with van der Waals surface area (Å²) in [5.41, 5.74) is 2.48. The molecule has 1 amide bonds. The number of anilines is 2. The molecule has 0 spiro atoms. The molecule has 1 aliphatic rings. The number of carbonyl (C=O) groups is 1. The molecule has 8 heteroatoms. The summed E-state index contributed by atoms with van der Waals surface area (Å²) in [7, 11) is 0. The third kappa shape index (κ3) is 4.55. The Morgan fingerprint density at radius 3 is 2.84 bits per heavy atom. The molecule has 1 atom stereocenters. The highest BCUT2D eigenvalue weighted by molar-refractivity contribution is 5.92. The zero-order valence-electron chi connectivity index (χ0n) is 17.5. The average molecular weight is 425 g/mol. The van der Waals surface area contributed by atoms with Crippen LogP contribution in [0.25, 0.3) is 22.3 Å². The van der Waals surface area contributed by atoms with E-state index in [1.54, 1.807) is 24.7 Å². The number of benzene rings is 1. The van der Waals surface area contributed by atoms with E-state index in [4.69, 9.17) is 9.97 Å². The molecule has 1 unspecified atom stereocenters. The van der Waals surface area contributed by atoms with Crippen LogP contribution in [-0.4, -0.2) is 45.0 Å². The fourth-order valence-corrected chi connectivity index (χ4v) is 3.80. The minimum Gasteiger partial charge on any atom is -0.365 e. The maximum atomic E-state index is 12.4. The van der Waals surface area contributed by atoms with Crippen molar-refractivity contribution >= 4 is 28.4 Å². The Hall–Kier alpha value is -3.91. The Balaban J connectivity index is 1.41. The maximum absolute atomic E-state index is 12.4. The zero-order valence-corrected chi connectivity index (χ0v) is 17.5. The number of amides is 1. The van der Waals surface area contributed by atoms with Gasteiger partial charge in [-0.1, -0.05) is 30.3 Å². The van der Waals surface area contributed by atoms with Gasteiger partial charge in [-0.25, -0.2) is 15.0 Å². The first-order valence-corrected chi connectivity index (χ1v) is 10.6. The number of fused-ring (bicyclic) bond motifs is 1. The third-order valence-electron chi connectivity index (χ3n) is 5.39. The van der Waals surface area contributed by atoms with Crippen LogP contribution in [0.5, 0.6) is 0 Å². The van der Waals surface area contributed by atoms with E-state index in [0.717, 1.165) is 47.4 Å². The number of aromatic nitrogens is 4. The fourth-order valence-electron chi connectivity index (χ4n) is 3.80. The topological polar surface area (TPSA) is 105 Å². The molecular formula is C24H23N7O. The molecule has 1 fully saturated rings. The molecule has 32 heavy (non-hydrogen) atoms. The van der Waals surface area contributed by atoms with Gasteiger partial charge in [0.2, 0.25) is 5.91 Å². The van der Waals surface area contributed by atoms with Crippen molar-refractivity contribution in [2.24, 2.45) is 0 Å². The maximum Gasteiger partial charge on any atom is 0.229 e. The monoisotopic (exact) mass is 425 g/mol. The van der Waals surface area contributed by atoms with Crippen molar-refractivity contribution in [1.82, 2.24) is 25.3 Å². The Kier molecular flexibility index (Phi) is 5.67. The molecule has 1 saturated heterocycles. The lowest BCUT2D eigenvalue weighted by Crippen LogP contribution is -2.23. The van der Waals surface area contributed by atoms with Gasteiger partial charge in [0.25, 0.3) is 0 Å². The molecule has 4 heterocycles. The number of carbonyl (C=O) groups excluding carboxylic acids is 1. The van der Waals surface area contributed by atoms with Crippen molar-refractivity contribution in [2.45, 2.75) is 18.9 Å². The molecular weight excluding hydrogens is 402 g/mol. The second kappa shape index (κ2) is 9.07. The van der Waals surface area contributed by atoms with E-state index in [0.29, 0.717) is 17.7 Å². The summed E-state index contributed by atoms with van der Waals surface area (Å²) >= 11 is 0. The Labute approximate surface area is 185 Å². The van der Waals surface area contributed by atoms with Gasteiger partial charge in [0.05, 0.1) is 18.1 Å². The minimum atomic E-state index is -0.124. The van der Waals surface area contributed by atoms with E-state index in [-0.39, 0.29) is 12.3 Å². The summed E-state index contributed by atoms with van der Waals surface area (Å²) in [6, 6.07) is 15.5. The lowest BCUT2D eigenvalue weighted by molar-refractivity contribution is -0.115. The van der Waals surface area contributed by atoms with Crippen LogP contribution in [0.1, 0.15) is 12.0 Å². The van der Waals surface area contributed by atoms with Gasteiger partial charge in [-0.2, -0.15) is 0 Å². The van der Waals surface area contributed by atoms with Gasteiger partial charge < -0.3 is 16.0 Å². The molecule has 5 rings (SSSR count). The second-order valence-corrected chi connectivity index (χ2v) is 7.76. The minimum absolute atomic E-state index is 0.124. The quantitative estimate of drug-likeness (QED) is 0.436. The van der Waals surface area contributed by atoms with Crippen molar-refractivity contribution in [3.63, 3.8) is 0 Å². The normalized spacial score (nSPS) is 15.6. The highest BCUT2D eigenvalue weighted by Gasteiger charge is 2.17. The van der Waals surface area contributed by atoms with Crippen LogP contribution in [-0.2, 0) is 11.2 Å². The molecule has 160 valence electrons. The number of hydrogen-bond donors (Lipinski definition) is 3. The smallest absolute Gasteiger partial charge is 0.229 e. The SMILES string of the molecule is O=C(Cc1ccccc1)Nc1cc(-c2nc(NC3CCNC3)c3ccncc3n2)ccn1. The van der Waals surface area contributed by atoms with E-state index < -0.39 is 0 Å². The van der Waals surface area contributed by atoms with Crippen molar-refractivity contribution in [3.05, 3.63) is 72.7 Å². The second-order valence-electron chi connectivity index (χ2n) is 7.76. The van der Waals surface area contributed by atoms with Crippen LogP contribution < -0.4 is 16.0 Å². The van der Waals surface area contributed by atoms with E-state index in [1.807, 2.05) is 42.5 Å². The molecule has 8 nitrogen and oxygen atoms in total. The van der Waals surface area contributed by atoms with E-state index in [9.17, 15) is 4.79 Å². The number of pyridine rings is 2. The largest absolute Gasteiger partial charge is 0.365 e.